The summed E-state index contributed by atoms with van der Waals surface area (Å²) in [6.07, 6.45) is 1.26. The number of nitrogens with one attached hydrogen (secondary N) is 1. The van der Waals surface area contributed by atoms with Crippen molar-refractivity contribution in [3.63, 3.8) is 0 Å². The number of anilines is 1. The molecule has 0 spiro atoms. The van der Waals surface area contributed by atoms with E-state index in [1.807, 2.05) is 31.3 Å². The Morgan fingerprint density at radius 3 is 3.06 bits per heavy atom. The normalized spacial score (nSPS) is 19.2. The molecule has 1 aromatic carbocycles. The van der Waals surface area contributed by atoms with Gasteiger partial charge in [0.1, 0.15) is 6.07 Å². The predicted molar refractivity (Wildman–Crippen MR) is 71.7 cm³/mol. The summed E-state index contributed by atoms with van der Waals surface area (Å²) < 4.78 is 5.67. The molecule has 4 nitrogen and oxygen atoms in total. The highest BCUT2D eigenvalue weighted by atomic mass is 16.5. The van der Waals surface area contributed by atoms with Crippen LogP contribution in [0.15, 0.2) is 24.3 Å². The van der Waals surface area contributed by atoms with Gasteiger partial charge in [-0.2, -0.15) is 5.26 Å². The van der Waals surface area contributed by atoms with Crippen molar-refractivity contribution in [3.05, 3.63) is 29.8 Å². The van der Waals surface area contributed by atoms with Crippen LogP contribution in [0.5, 0.6) is 0 Å². The average Bonchev–Trinajstić information content (AvgIpc) is 2.45. The third kappa shape index (κ3) is 3.22. The largest absolute Gasteiger partial charge is 0.376 e. The lowest BCUT2D eigenvalue weighted by Crippen LogP contribution is -2.40. The van der Waals surface area contributed by atoms with Crippen LogP contribution in [0.1, 0.15) is 12.0 Å². The molecule has 1 N–H and O–H groups in total. The number of benzene rings is 1. The lowest BCUT2D eigenvalue weighted by molar-refractivity contribution is 0.0250. The molecule has 0 amide bonds. The van der Waals surface area contributed by atoms with Gasteiger partial charge >= 0.3 is 0 Å². The van der Waals surface area contributed by atoms with Crippen LogP contribution in [-0.4, -0.2) is 39.4 Å². The minimum Gasteiger partial charge on any atom is -0.376 e. The smallest absolute Gasteiger partial charge is 0.101 e. The lowest BCUT2D eigenvalue weighted by Gasteiger charge is -2.27. The predicted octanol–water partition coefficient (Wildman–Crippen LogP) is 1.37. The van der Waals surface area contributed by atoms with E-state index in [2.05, 4.69) is 16.3 Å². The number of hydrogen-bond acceptors (Lipinski definition) is 4. The van der Waals surface area contributed by atoms with Crippen molar-refractivity contribution in [3.8, 4) is 6.07 Å². The van der Waals surface area contributed by atoms with E-state index in [-0.39, 0.29) is 6.10 Å². The Labute approximate surface area is 108 Å². The second kappa shape index (κ2) is 6.39. The van der Waals surface area contributed by atoms with E-state index in [4.69, 9.17) is 10.00 Å². The zero-order chi connectivity index (χ0) is 12.8. The highest BCUT2D eigenvalue weighted by Gasteiger charge is 2.14. The van der Waals surface area contributed by atoms with Gasteiger partial charge in [0, 0.05) is 26.7 Å². The Bertz CT molecular complexity index is 421. The molecule has 0 aromatic heterocycles. The van der Waals surface area contributed by atoms with Gasteiger partial charge in [0.25, 0.3) is 0 Å². The van der Waals surface area contributed by atoms with Crippen molar-refractivity contribution in [2.24, 2.45) is 0 Å². The first-order chi connectivity index (χ1) is 8.81. The van der Waals surface area contributed by atoms with Crippen LogP contribution in [0.4, 0.5) is 5.69 Å². The minimum atomic E-state index is 0.287. The fraction of sp³-hybridized carbons (Fsp3) is 0.500. The molecule has 1 aliphatic rings. The molecule has 1 unspecified atom stereocenters. The van der Waals surface area contributed by atoms with Crippen molar-refractivity contribution in [2.75, 3.05) is 38.2 Å². The first-order valence-electron chi connectivity index (χ1n) is 6.34. The number of hydrogen-bond donors (Lipinski definition) is 1. The van der Waals surface area contributed by atoms with Crippen molar-refractivity contribution in [2.45, 2.75) is 12.5 Å². The number of rotatable bonds is 4. The molecule has 1 heterocycles. The molecular formula is C14H19N3O. The fourth-order valence-corrected chi connectivity index (χ4v) is 2.16. The Morgan fingerprint density at radius 1 is 1.50 bits per heavy atom. The van der Waals surface area contributed by atoms with E-state index >= 15 is 0 Å². The Balaban J connectivity index is 1.91. The monoisotopic (exact) mass is 245 g/mol. The highest BCUT2D eigenvalue weighted by molar-refractivity contribution is 5.58. The van der Waals surface area contributed by atoms with Gasteiger partial charge in [-0.1, -0.05) is 12.1 Å². The van der Waals surface area contributed by atoms with Crippen molar-refractivity contribution >= 4 is 5.69 Å². The molecule has 0 bridgehead atoms. The van der Waals surface area contributed by atoms with Crippen LogP contribution in [0.25, 0.3) is 0 Å². The summed E-state index contributed by atoms with van der Waals surface area (Å²) in [6, 6.07) is 9.92. The number of morpholine rings is 1. The van der Waals surface area contributed by atoms with Crippen LogP contribution in [0.2, 0.25) is 0 Å². The van der Waals surface area contributed by atoms with E-state index in [0.717, 1.165) is 43.9 Å². The van der Waals surface area contributed by atoms with Crippen LogP contribution in [0, 0.1) is 11.3 Å². The van der Waals surface area contributed by atoms with E-state index in [9.17, 15) is 0 Å². The van der Waals surface area contributed by atoms with Gasteiger partial charge < -0.3 is 15.0 Å². The Morgan fingerprint density at radius 2 is 2.33 bits per heavy atom. The van der Waals surface area contributed by atoms with E-state index in [1.54, 1.807) is 0 Å². The van der Waals surface area contributed by atoms with E-state index in [0.29, 0.717) is 0 Å². The molecule has 1 saturated heterocycles. The molecule has 1 atom stereocenters. The number of para-hydroxylation sites is 1. The second-order valence-corrected chi connectivity index (χ2v) is 4.54. The standard InChI is InChI=1S/C14H19N3O/c1-17(8-6-13-11-16-7-9-18-13)14-5-3-2-4-12(14)10-15/h2-5,13,16H,6-9,11H2,1H3. The summed E-state index contributed by atoms with van der Waals surface area (Å²) in [5.74, 6) is 0. The summed E-state index contributed by atoms with van der Waals surface area (Å²) in [6.45, 7) is 3.56. The summed E-state index contributed by atoms with van der Waals surface area (Å²) in [5, 5.41) is 12.4. The lowest BCUT2D eigenvalue weighted by atomic mass is 10.1. The first-order valence-corrected chi connectivity index (χ1v) is 6.34. The van der Waals surface area contributed by atoms with Crippen LogP contribution in [-0.2, 0) is 4.74 Å². The maximum absolute atomic E-state index is 9.07. The number of ether oxygens (including phenoxy) is 1. The van der Waals surface area contributed by atoms with Gasteiger partial charge in [-0.05, 0) is 18.6 Å². The molecule has 96 valence electrons. The highest BCUT2D eigenvalue weighted by Crippen LogP contribution is 2.18. The zero-order valence-corrected chi connectivity index (χ0v) is 10.7. The molecule has 4 heteroatoms. The molecule has 0 radical (unpaired) electrons. The first kappa shape index (κ1) is 12.9. The maximum atomic E-state index is 9.07. The van der Waals surface area contributed by atoms with Crippen LogP contribution >= 0.6 is 0 Å². The Kier molecular flexibility index (Phi) is 4.57. The topological polar surface area (TPSA) is 48.3 Å². The molecule has 1 aliphatic heterocycles. The molecule has 0 aliphatic carbocycles. The van der Waals surface area contributed by atoms with Crippen molar-refractivity contribution < 1.29 is 4.74 Å². The molecule has 1 aromatic rings. The van der Waals surface area contributed by atoms with Crippen molar-refractivity contribution in [1.82, 2.24) is 5.32 Å². The van der Waals surface area contributed by atoms with Gasteiger partial charge in [0.15, 0.2) is 0 Å². The number of nitriles is 1. The summed E-state index contributed by atoms with van der Waals surface area (Å²) >= 11 is 0. The molecule has 0 saturated carbocycles. The average molecular weight is 245 g/mol. The maximum Gasteiger partial charge on any atom is 0.101 e. The van der Waals surface area contributed by atoms with Crippen molar-refractivity contribution in [1.29, 1.82) is 5.26 Å². The zero-order valence-electron chi connectivity index (χ0n) is 10.7. The quantitative estimate of drug-likeness (QED) is 0.870. The third-order valence-electron chi connectivity index (χ3n) is 3.23. The number of nitrogens with zero attached hydrogens (tertiary/aromatic N) is 2. The Hall–Kier alpha value is -1.57. The molecule has 1 fully saturated rings. The summed E-state index contributed by atoms with van der Waals surface area (Å²) in [5.41, 5.74) is 1.71. The van der Waals surface area contributed by atoms with Crippen LogP contribution < -0.4 is 10.2 Å². The van der Waals surface area contributed by atoms with Gasteiger partial charge in [-0.15, -0.1) is 0 Å². The minimum absolute atomic E-state index is 0.287. The van der Waals surface area contributed by atoms with E-state index < -0.39 is 0 Å². The molecule has 2 rings (SSSR count). The van der Waals surface area contributed by atoms with Gasteiger partial charge in [0.2, 0.25) is 0 Å². The van der Waals surface area contributed by atoms with Crippen LogP contribution in [0.3, 0.4) is 0 Å². The SMILES string of the molecule is CN(CCC1CNCCO1)c1ccccc1C#N. The summed E-state index contributed by atoms with van der Waals surface area (Å²) in [7, 11) is 2.02. The summed E-state index contributed by atoms with van der Waals surface area (Å²) in [4.78, 5) is 2.12. The molecular weight excluding hydrogens is 226 g/mol. The third-order valence-corrected chi connectivity index (χ3v) is 3.23. The fourth-order valence-electron chi connectivity index (χ4n) is 2.16. The van der Waals surface area contributed by atoms with Gasteiger partial charge in [0.05, 0.1) is 24.0 Å². The van der Waals surface area contributed by atoms with Gasteiger partial charge in [-0.3, -0.25) is 0 Å². The second-order valence-electron chi connectivity index (χ2n) is 4.54. The van der Waals surface area contributed by atoms with E-state index in [1.165, 1.54) is 0 Å². The van der Waals surface area contributed by atoms with Gasteiger partial charge in [-0.25, -0.2) is 0 Å². The molecule has 18 heavy (non-hydrogen) atoms.